The first-order valence-electron chi connectivity index (χ1n) is 9.03. The molecule has 2 aromatic rings. The molecule has 1 atom stereocenters. The number of rotatable bonds is 7. The molecule has 27 heavy (non-hydrogen) atoms. The Morgan fingerprint density at radius 1 is 1.15 bits per heavy atom. The number of ether oxygens (including phenoxy) is 2. The van der Waals surface area contributed by atoms with Crippen molar-refractivity contribution in [3.8, 4) is 17.2 Å². The summed E-state index contributed by atoms with van der Waals surface area (Å²) in [6.07, 6.45) is 0. The van der Waals surface area contributed by atoms with Gasteiger partial charge in [0.15, 0.2) is 5.96 Å². The van der Waals surface area contributed by atoms with Crippen molar-refractivity contribution in [3.05, 3.63) is 53.1 Å². The van der Waals surface area contributed by atoms with Crippen LogP contribution in [-0.2, 0) is 6.54 Å². The van der Waals surface area contributed by atoms with Crippen molar-refractivity contribution in [1.29, 1.82) is 0 Å². The van der Waals surface area contributed by atoms with Gasteiger partial charge in [0.25, 0.3) is 0 Å². The summed E-state index contributed by atoms with van der Waals surface area (Å²) in [5.74, 6) is 2.38. The zero-order valence-corrected chi connectivity index (χ0v) is 16.7. The Morgan fingerprint density at radius 2 is 1.93 bits per heavy atom. The fourth-order valence-electron chi connectivity index (χ4n) is 2.77. The lowest BCUT2D eigenvalue weighted by atomic mass is 10.0. The second kappa shape index (κ2) is 9.71. The van der Waals surface area contributed by atoms with Crippen LogP contribution < -0.4 is 20.1 Å². The van der Waals surface area contributed by atoms with Gasteiger partial charge in [0, 0.05) is 17.7 Å². The first-order valence-corrected chi connectivity index (χ1v) is 9.03. The molecule has 0 aliphatic carbocycles. The van der Waals surface area contributed by atoms with E-state index in [1.807, 2.05) is 19.1 Å². The van der Waals surface area contributed by atoms with E-state index in [-0.39, 0.29) is 11.8 Å². The number of aliphatic imine (C=N–C) groups is 1. The predicted molar refractivity (Wildman–Crippen MR) is 109 cm³/mol. The molecular formula is C21H29N3O3. The van der Waals surface area contributed by atoms with Crippen molar-refractivity contribution < 1.29 is 14.6 Å². The molecule has 0 radical (unpaired) electrons. The van der Waals surface area contributed by atoms with Crippen LogP contribution in [0.15, 0.2) is 41.4 Å². The standard InChI is InChI=1S/C21H29N3O3/c1-6-22-21(23-13-16-12-17(26-4)8-9-19(16)25)24-15(3)18-11-14(2)7-10-20(18)27-5/h7-12,15,25H,6,13H2,1-5H3,(H2,22,23,24). The normalized spacial score (nSPS) is 12.4. The summed E-state index contributed by atoms with van der Waals surface area (Å²) in [7, 11) is 3.27. The highest BCUT2D eigenvalue weighted by molar-refractivity contribution is 5.80. The van der Waals surface area contributed by atoms with Crippen LogP contribution in [0.4, 0.5) is 0 Å². The van der Waals surface area contributed by atoms with Gasteiger partial charge in [-0.25, -0.2) is 4.99 Å². The number of nitrogens with one attached hydrogen (secondary N) is 2. The van der Waals surface area contributed by atoms with Crippen molar-refractivity contribution >= 4 is 5.96 Å². The summed E-state index contributed by atoms with van der Waals surface area (Å²) >= 11 is 0. The van der Waals surface area contributed by atoms with E-state index in [0.717, 1.165) is 17.9 Å². The average Bonchev–Trinajstić information content (AvgIpc) is 2.67. The minimum atomic E-state index is -0.00319. The molecule has 0 aliphatic heterocycles. The van der Waals surface area contributed by atoms with E-state index in [0.29, 0.717) is 23.8 Å². The fourth-order valence-corrected chi connectivity index (χ4v) is 2.77. The van der Waals surface area contributed by atoms with Gasteiger partial charge in [-0.2, -0.15) is 0 Å². The maximum absolute atomic E-state index is 10.0. The number of benzene rings is 2. The minimum Gasteiger partial charge on any atom is -0.508 e. The first kappa shape index (κ1) is 20.4. The molecule has 0 aromatic heterocycles. The number of nitrogens with zero attached hydrogens (tertiary/aromatic N) is 1. The van der Waals surface area contributed by atoms with Gasteiger partial charge in [0.1, 0.15) is 17.2 Å². The summed E-state index contributed by atoms with van der Waals surface area (Å²) in [5.41, 5.74) is 2.93. The van der Waals surface area contributed by atoms with Crippen molar-refractivity contribution in [2.45, 2.75) is 33.4 Å². The maximum atomic E-state index is 10.0. The van der Waals surface area contributed by atoms with Crippen LogP contribution in [-0.4, -0.2) is 31.8 Å². The maximum Gasteiger partial charge on any atom is 0.192 e. The Kier molecular flexibility index (Phi) is 7.34. The van der Waals surface area contributed by atoms with Gasteiger partial charge in [0.2, 0.25) is 0 Å². The number of hydrogen-bond donors (Lipinski definition) is 3. The fraction of sp³-hybridized carbons (Fsp3) is 0.381. The van der Waals surface area contributed by atoms with Crippen molar-refractivity contribution in [3.63, 3.8) is 0 Å². The van der Waals surface area contributed by atoms with Crippen molar-refractivity contribution in [1.82, 2.24) is 10.6 Å². The predicted octanol–water partition coefficient (Wildman–Crippen LogP) is 3.53. The van der Waals surface area contributed by atoms with Crippen LogP contribution in [0.25, 0.3) is 0 Å². The molecule has 2 aromatic carbocycles. The molecule has 0 spiro atoms. The number of methoxy groups -OCH3 is 2. The van der Waals surface area contributed by atoms with Gasteiger partial charge in [-0.1, -0.05) is 17.7 Å². The molecule has 0 amide bonds. The van der Waals surface area contributed by atoms with E-state index in [4.69, 9.17) is 9.47 Å². The topological polar surface area (TPSA) is 75.1 Å². The second-order valence-corrected chi connectivity index (χ2v) is 6.30. The molecule has 0 saturated carbocycles. The quantitative estimate of drug-likeness (QED) is 0.513. The Morgan fingerprint density at radius 3 is 2.59 bits per heavy atom. The lowest BCUT2D eigenvalue weighted by molar-refractivity contribution is 0.405. The van der Waals surface area contributed by atoms with Gasteiger partial charge < -0.3 is 25.2 Å². The third-order valence-corrected chi connectivity index (χ3v) is 4.24. The van der Waals surface area contributed by atoms with Gasteiger partial charge in [-0.05, 0) is 45.0 Å². The van der Waals surface area contributed by atoms with Gasteiger partial charge in [-0.3, -0.25) is 0 Å². The summed E-state index contributed by atoms with van der Waals surface area (Å²) in [4.78, 5) is 4.60. The van der Waals surface area contributed by atoms with E-state index in [1.54, 1.807) is 32.4 Å². The summed E-state index contributed by atoms with van der Waals surface area (Å²) in [6, 6.07) is 11.2. The van der Waals surface area contributed by atoms with Crippen LogP contribution in [0, 0.1) is 6.92 Å². The van der Waals surface area contributed by atoms with Crippen LogP contribution in [0.2, 0.25) is 0 Å². The van der Waals surface area contributed by atoms with Crippen molar-refractivity contribution in [2.75, 3.05) is 20.8 Å². The Balaban J connectivity index is 2.20. The molecule has 146 valence electrons. The highest BCUT2D eigenvalue weighted by Crippen LogP contribution is 2.26. The Bertz CT molecular complexity index is 790. The molecule has 0 fully saturated rings. The van der Waals surface area contributed by atoms with Crippen molar-refractivity contribution in [2.24, 2.45) is 4.99 Å². The third kappa shape index (κ3) is 5.54. The average molecular weight is 371 g/mol. The number of aryl methyl sites for hydroxylation is 1. The lowest BCUT2D eigenvalue weighted by Gasteiger charge is -2.20. The van der Waals surface area contributed by atoms with Crippen LogP contribution in [0.5, 0.6) is 17.2 Å². The summed E-state index contributed by atoms with van der Waals surface area (Å²) in [5, 5.41) is 16.7. The molecule has 6 heteroatoms. The second-order valence-electron chi connectivity index (χ2n) is 6.30. The highest BCUT2D eigenvalue weighted by Gasteiger charge is 2.13. The molecule has 0 bridgehead atoms. The largest absolute Gasteiger partial charge is 0.508 e. The van der Waals surface area contributed by atoms with E-state index in [1.165, 1.54) is 5.56 Å². The van der Waals surface area contributed by atoms with E-state index >= 15 is 0 Å². The summed E-state index contributed by atoms with van der Waals surface area (Å²) < 4.78 is 10.7. The SMILES string of the molecule is CCNC(=NCc1cc(OC)ccc1O)NC(C)c1cc(C)ccc1OC. The van der Waals surface area contributed by atoms with Crippen LogP contribution in [0.3, 0.4) is 0 Å². The Labute approximate surface area is 161 Å². The first-order chi connectivity index (χ1) is 13.0. The lowest BCUT2D eigenvalue weighted by Crippen LogP contribution is -2.38. The molecular weight excluding hydrogens is 342 g/mol. The van der Waals surface area contributed by atoms with E-state index < -0.39 is 0 Å². The molecule has 6 nitrogen and oxygen atoms in total. The molecule has 0 saturated heterocycles. The number of aromatic hydroxyl groups is 1. The van der Waals surface area contributed by atoms with Gasteiger partial charge >= 0.3 is 0 Å². The molecule has 3 N–H and O–H groups in total. The molecule has 1 unspecified atom stereocenters. The third-order valence-electron chi connectivity index (χ3n) is 4.24. The van der Waals surface area contributed by atoms with Crippen LogP contribution >= 0.6 is 0 Å². The van der Waals surface area contributed by atoms with Gasteiger partial charge in [-0.15, -0.1) is 0 Å². The minimum absolute atomic E-state index is 0.00319. The van der Waals surface area contributed by atoms with Crippen LogP contribution in [0.1, 0.15) is 36.6 Å². The number of hydrogen-bond acceptors (Lipinski definition) is 4. The Hall–Kier alpha value is -2.89. The number of guanidine groups is 1. The molecule has 0 heterocycles. The molecule has 2 rings (SSSR count). The van der Waals surface area contributed by atoms with E-state index in [2.05, 4.69) is 35.5 Å². The van der Waals surface area contributed by atoms with E-state index in [9.17, 15) is 5.11 Å². The monoisotopic (exact) mass is 371 g/mol. The number of phenolic OH excluding ortho intramolecular Hbond substituents is 1. The zero-order valence-electron chi connectivity index (χ0n) is 16.7. The number of phenols is 1. The smallest absolute Gasteiger partial charge is 0.192 e. The van der Waals surface area contributed by atoms with Gasteiger partial charge in [0.05, 0.1) is 26.8 Å². The molecule has 0 aliphatic rings. The highest BCUT2D eigenvalue weighted by atomic mass is 16.5. The zero-order chi connectivity index (χ0) is 19.8. The summed E-state index contributed by atoms with van der Waals surface area (Å²) in [6.45, 7) is 7.19.